The van der Waals surface area contributed by atoms with E-state index in [1.165, 1.54) is 12.7 Å². The molecular formula is C24H18N4O3. The lowest BCUT2D eigenvalue weighted by Gasteiger charge is -2.08. The summed E-state index contributed by atoms with van der Waals surface area (Å²) in [5, 5.41) is 2.89. The number of methoxy groups -OCH3 is 1. The molecule has 0 fully saturated rings. The number of ether oxygens (including phenoxy) is 1. The van der Waals surface area contributed by atoms with E-state index in [0.717, 1.165) is 22.4 Å². The van der Waals surface area contributed by atoms with Crippen molar-refractivity contribution in [3.63, 3.8) is 0 Å². The van der Waals surface area contributed by atoms with E-state index in [9.17, 15) is 4.79 Å². The fourth-order valence-corrected chi connectivity index (χ4v) is 3.54. The second-order valence-corrected chi connectivity index (χ2v) is 6.92. The second kappa shape index (κ2) is 7.79. The summed E-state index contributed by atoms with van der Waals surface area (Å²) >= 11 is 0. The molecule has 5 aromatic rings. The third kappa shape index (κ3) is 3.53. The average Bonchev–Trinajstić information content (AvgIpc) is 3.47. The molecule has 5 rings (SSSR count). The molecule has 0 saturated carbocycles. The van der Waals surface area contributed by atoms with Crippen molar-refractivity contribution in [1.82, 2.24) is 14.4 Å². The SMILES string of the molecule is COc1cccc(-c2ccc3cc(C(=O)Nc4cccnc4)c(-c4cocn4)n3c2)c1. The predicted molar refractivity (Wildman–Crippen MR) is 117 cm³/mol. The van der Waals surface area contributed by atoms with E-state index in [4.69, 9.17) is 9.15 Å². The number of oxazole rings is 1. The van der Waals surface area contributed by atoms with Gasteiger partial charge in [0.2, 0.25) is 0 Å². The average molecular weight is 410 g/mol. The van der Waals surface area contributed by atoms with Gasteiger partial charge in [-0.05, 0) is 47.5 Å². The standard InChI is InChI=1S/C24H18N4O3/c1-30-20-6-2-4-16(10-20)17-7-8-19-11-21(24(29)27-18-5-3-9-25-12-18)23(28(19)13-17)22-14-31-15-26-22/h2-15H,1H3,(H,27,29). The number of carbonyl (C=O) groups is 1. The zero-order chi connectivity index (χ0) is 21.2. The van der Waals surface area contributed by atoms with Crippen LogP contribution in [-0.2, 0) is 0 Å². The maximum atomic E-state index is 13.1. The number of benzene rings is 1. The van der Waals surface area contributed by atoms with E-state index >= 15 is 0 Å². The van der Waals surface area contributed by atoms with Crippen LogP contribution in [0.3, 0.4) is 0 Å². The summed E-state index contributed by atoms with van der Waals surface area (Å²) in [5.74, 6) is 0.524. The zero-order valence-electron chi connectivity index (χ0n) is 16.6. The molecule has 1 amide bonds. The van der Waals surface area contributed by atoms with Crippen molar-refractivity contribution in [3.8, 4) is 28.3 Å². The monoisotopic (exact) mass is 410 g/mol. The number of amides is 1. The number of rotatable bonds is 5. The van der Waals surface area contributed by atoms with Crippen molar-refractivity contribution in [2.45, 2.75) is 0 Å². The number of hydrogen-bond donors (Lipinski definition) is 1. The minimum atomic E-state index is -0.252. The minimum Gasteiger partial charge on any atom is -0.497 e. The number of anilines is 1. The topological polar surface area (TPSA) is 81.7 Å². The Bertz CT molecular complexity index is 1360. The van der Waals surface area contributed by atoms with Crippen LogP contribution >= 0.6 is 0 Å². The summed E-state index contributed by atoms with van der Waals surface area (Å²) in [6.45, 7) is 0. The second-order valence-electron chi connectivity index (χ2n) is 6.92. The van der Waals surface area contributed by atoms with Gasteiger partial charge in [0.25, 0.3) is 5.91 Å². The van der Waals surface area contributed by atoms with Gasteiger partial charge in [0.05, 0.1) is 30.3 Å². The van der Waals surface area contributed by atoms with Crippen LogP contribution in [0.5, 0.6) is 5.75 Å². The highest BCUT2D eigenvalue weighted by Gasteiger charge is 2.21. The highest BCUT2D eigenvalue weighted by atomic mass is 16.5. The van der Waals surface area contributed by atoms with Crippen molar-refractivity contribution in [1.29, 1.82) is 0 Å². The first-order valence-corrected chi connectivity index (χ1v) is 9.62. The van der Waals surface area contributed by atoms with E-state index in [2.05, 4.69) is 15.3 Å². The van der Waals surface area contributed by atoms with Crippen LogP contribution in [0.15, 0.2) is 90.3 Å². The number of nitrogens with zero attached hydrogens (tertiary/aromatic N) is 3. The van der Waals surface area contributed by atoms with Crippen LogP contribution in [0.1, 0.15) is 10.4 Å². The fourth-order valence-electron chi connectivity index (χ4n) is 3.54. The fraction of sp³-hybridized carbons (Fsp3) is 0.0417. The summed E-state index contributed by atoms with van der Waals surface area (Å²) in [5.41, 5.74) is 5.16. The largest absolute Gasteiger partial charge is 0.497 e. The summed E-state index contributed by atoms with van der Waals surface area (Å²) in [7, 11) is 1.64. The molecule has 7 heteroatoms. The first kappa shape index (κ1) is 18.6. The van der Waals surface area contributed by atoms with Crippen LogP contribution in [0.25, 0.3) is 28.0 Å². The zero-order valence-corrected chi connectivity index (χ0v) is 16.6. The maximum absolute atomic E-state index is 13.1. The van der Waals surface area contributed by atoms with Crippen molar-refractivity contribution < 1.29 is 13.9 Å². The Kier molecular flexibility index (Phi) is 4.68. The van der Waals surface area contributed by atoms with Gasteiger partial charge in [-0.2, -0.15) is 0 Å². The molecule has 31 heavy (non-hydrogen) atoms. The molecule has 0 aliphatic heterocycles. The van der Waals surface area contributed by atoms with Crippen LogP contribution in [0, 0.1) is 0 Å². The number of aromatic nitrogens is 3. The summed E-state index contributed by atoms with van der Waals surface area (Å²) in [4.78, 5) is 21.4. The molecule has 0 saturated heterocycles. The van der Waals surface area contributed by atoms with E-state index in [1.54, 1.807) is 31.6 Å². The highest BCUT2D eigenvalue weighted by molar-refractivity contribution is 6.09. The lowest BCUT2D eigenvalue weighted by atomic mass is 10.1. The maximum Gasteiger partial charge on any atom is 0.257 e. The Hall–Kier alpha value is -4.39. The van der Waals surface area contributed by atoms with Gasteiger partial charge in [-0.3, -0.25) is 9.78 Å². The molecule has 4 heterocycles. The molecule has 0 bridgehead atoms. The van der Waals surface area contributed by atoms with E-state index in [0.29, 0.717) is 22.6 Å². The summed E-state index contributed by atoms with van der Waals surface area (Å²) in [6, 6.07) is 17.2. The van der Waals surface area contributed by atoms with Gasteiger partial charge in [0.1, 0.15) is 17.7 Å². The lowest BCUT2D eigenvalue weighted by molar-refractivity contribution is 0.102. The van der Waals surface area contributed by atoms with Crippen LogP contribution < -0.4 is 10.1 Å². The molecule has 0 unspecified atom stereocenters. The Balaban J connectivity index is 1.64. The van der Waals surface area contributed by atoms with Gasteiger partial charge in [-0.15, -0.1) is 0 Å². The molecule has 0 spiro atoms. The Morgan fingerprint density at radius 1 is 1.10 bits per heavy atom. The first-order valence-electron chi connectivity index (χ1n) is 9.62. The Labute approximate surface area is 178 Å². The van der Waals surface area contributed by atoms with Crippen molar-refractivity contribution in [2.24, 2.45) is 0 Å². The minimum absolute atomic E-state index is 0.252. The highest BCUT2D eigenvalue weighted by Crippen LogP contribution is 2.31. The third-order valence-corrected chi connectivity index (χ3v) is 5.01. The summed E-state index contributed by atoms with van der Waals surface area (Å²) < 4.78 is 12.5. The van der Waals surface area contributed by atoms with Crippen LogP contribution in [0.2, 0.25) is 0 Å². The van der Waals surface area contributed by atoms with E-state index in [1.807, 2.05) is 53.1 Å². The molecule has 0 aliphatic carbocycles. The van der Waals surface area contributed by atoms with Gasteiger partial charge < -0.3 is 18.9 Å². The molecule has 0 aliphatic rings. The van der Waals surface area contributed by atoms with Gasteiger partial charge in [-0.1, -0.05) is 18.2 Å². The smallest absolute Gasteiger partial charge is 0.257 e. The first-order chi connectivity index (χ1) is 15.2. The number of hydrogen-bond acceptors (Lipinski definition) is 5. The van der Waals surface area contributed by atoms with Crippen LogP contribution in [-0.4, -0.2) is 27.4 Å². The molecule has 4 aromatic heterocycles. The Morgan fingerprint density at radius 3 is 2.81 bits per heavy atom. The molecular weight excluding hydrogens is 392 g/mol. The Morgan fingerprint density at radius 2 is 2.03 bits per heavy atom. The van der Waals surface area contributed by atoms with Gasteiger partial charge in [-0.25, -0.2) is 4.98 Å². The normalized spacial score (nSPS) is 10.9. The van der Waals surface area contributed by atoms with E-state index < -0.39 is 0 Å². The van der Waals surface area contributed by atoms with E-state index in [-0.39, 0.29) is 5.91 Å². The number of pyridine rings is 2. The predicted octanol–water partition coefficient (Wildman–Crippen LogP) is 4.92. The van der Waals surface area contributed by atoms with Gasteiger partial charge in [0.15, 0.2) is 6.39 Å². The number of carbonyl (C=O) groups excluding carboxylic acids is 1. The van der Waals surface area contributed by atoms with Crippen molar-refractivity contribution in [3.05, 3.63) is 91.4 Å². The summed E-state index contributed by atoms with van der Waals surface area (Å²) in [6.07, 6.45) is 8.12. The molecule has 1 N–H and O–H groups in total. The molecule has 0 radical (unpaired) electrons. The van der Waals surface area contributed by atoms with Crippen LogP contribution in [0.4, 0.5) is 5.69 Å². The third-order valence-electron chi connectivity index (χ3n) is 5.01. The van der Waals surface area contributed by atoms with Gasteiger partial charge in [0, 0.05) is 17.9 Å². The van der Waals surface area contributed by atoms with Crippen molar-refractivity contribution in [2.75, 3.05) is 12.4 Å². The molecule has 7 nitrogen and oxygen atoms in total. The quantitative estimate of drug-likeness (QED) is 0.445. The van der Waals surface area contributed by atoms with Crippen molar-refractivity contribution >= 4 is 17.1 Å². The molecule has 0 atom stereocenters. The molecule has 152 valence electrons. The number of nitrogens with one attached hydrogen (secondary N) is 1. The van der Waals surface area contributed by atoms with Gasteiger partial charge >= 0.3 is 0 Å². The lowest BCUT2D eigenvalue weighted by Crippen LogP contribution is -2.12. The molecule has 1 aromatic carbocycles. The number of fused-ring (bicyclic) bond motifs is 1.